The SMILES string of the molecule is Cn1ncc2ccc(C(=O)N[C@@H](CCCCCCCc3ccc4c(n3)CCCC4)C(=O)O)cc21. The van der Waals surface area contributed by atoms with Gasteiger partial charge in [-0.25, -0.2) is 4.79 Å². The number of pyridine rings is 1. The first-order chi connectivity index (χ1) is 16.5. The second-order valence-electron chi connectivity index (χ2n) is 9.33. The van der Waals surface area contributed by atoms with Gasteiger partial charge in [0.2, 0.25) is 0 Å². The van der Waals surface area contributed by atoms with Gasteiger partial charge in [0.25, 0.3) is 5.91 Å². The quantitative estimate of drug-likeness (QED) is 0.406. The van der Waals surface area contributed by atoms with Crippen LogP contribution in [0.1, 0.15) is 78.7 Å². The van der Waals surface area contributed by atoms with Gasteiger partial charge in [-0.05, 0) is 68.7 Å². The monoisotopic (exact) mass is 462 g/mol. The number of carbonyl (C=O) groups is 2. The normalized spacial score (nSPS) is 14.0. The maximum atomic E-state index is 12.6. The Kier molecular flexibility index (Phi) is 7.93. The Labute approximate surface area is 200 Å². The molecule has 0 unspecified atom stereocenters. The molecule has 1 aliphatic carbocycles. The second-order valence-corrected chi connectivity index (χ2v) is 9.33. The summed E-state index contributed by atoms with van der Waals surface area (Å²) in [4.78, 5) is 29.2. The summed E-state index contributed by atoms with van der Waals surface area (Å²) in [5.41, 5.74) is 5.19. The van der Waals surface area contributed by atoms with Gasteiger partial charge in [-0.2, -0.15) is 5.10 Å². The van der Waals surface area contributed by atoms with E-state index in [4.69, 9.17) is 4.98 Å². The molecule has 7 nitrogen and oxygen atoms in total. The molecular weight excluding hydrogens is 428 g/mol. The molecule has 0 saturated heterocycles. The zero-order valence-corrected chi connectivity index (χ0v) is 19.9. The maximum Gasteiger partial charge on any atom is 0.326 e. The van der Waals surface area contributed by atoms with Crippen LogP contribution in [0.3, 0.4) is 0 Å². The van der Waals surface area contributed by atoms with Gasteiger partial charge in [0.05, 0.1) is 11.7 Å². The van der Waals surface area contributed by atoms with Crippen molar-refractivity contribution in [2.45, 2.75) is 76.7 Å². The number of carbonyl (C=O) groups excluding carboxylic acids is 1. The second kappa shape index (κ2) is 11.3. The van der Waals surface area contributed by atoms with Crippen LogP contribution in [0.5, 0.6) is 0 Å². The zero-order valence-electron chi connectivity index (χ0n) is 19.9. The number of nitrogens with zero attached hydrogens (tertiary/aromatic N) is 3. The first-order valence-electron chi connectivity index (χ1n) is 12.4. The van der Waals surface area contributed by atoms with Crippen molar-refractivity contribution in [1.82, 2.24) is 20.1 Å². The van der Waals surface area contributed by atoms with E-state index in [1.807, 2.05) is 13.1 Å². The minimum absolute atomic E-state index is 0.368. The lowest BCUT2D eigenvalue weighted by Crippen LogP contribution is -2.40. The van der Waals surface area contributed by atoms with Crippen LogP contribution in [0.2, 0.25) is 0 Å². The Bertz CT molecular complexity index is 1150. The average molecular weight is 463 g/mol. The number of fused-ring (bicyclic) bond motifs is 2. The Balaban J connectivity index is 1.17. The van der Waals surface area contributed by atoms with Gasteiger partial charge in [0.1, 0.15) is 6.04 Å². The van der Waals surface area contributed by atoms with Crippen LogP contribution in [0.25, 0.3) is 10.9 Å². The number of aryl methyl sites for hydroxylation is 4. The van der Waals surface area contributed by atoms with Crippen LogP contribution in [-0.2, 0) is 31.1 Å². The highest BCUT2D eigenvalue weighted by Gasteiger charge is 2.20. The Morgan fingerprint density at radius 1 is 1.06 bits per heavy atom. The fraction of sp³-hybridized carbons (Fsp3) is 0.481. The molecule has 2 aromatic heterocycles. The molecule has 0 spiro atoms. The highest BCUT2D eigenvalue weighted by atomic mass is 16.4. The third-order valence-corrected chi connectivity index (χ3v) is 6.78. The molecule has 34 heavy (non-hydrogen) atoms. The average Bonchev–Trinajstić information content (AvgIpc) is 3.22. The van der Waals surface area contributed by atoms with Crippen molar-refractivity contribution in [2.24, 2.45) is 7.05 Å². The zero-order chi connectivity index (χ0) is 23.9. The molecule has 7 heteroatoms. The lowest BCUT2D eigenvalue weighted by Gasteiger charge is -2.15. The van der Waals surface area contributed by atoms with Crippen LogP contribution >= 0.6 is 0 Å². The third-order valence-electron chi connectivity index (χ3n) is 6.78. The van der Waals surface area contributed by atoms with Gasteiger partial charge >= 0.3 is 5.97 Å². The van der Waals surface area contributed by atoms with E-state index in [-0.39, 0.29) is 5.91 Å². The number of rotatable bonds is 11. The summed E-state index contributed by atoms with van der Waals surface area (Å²) >= 11 is 0. The number of nitrogens with one attached hydrogen (secondary N) is 1. The number of hydrogen-bond acceptors (Lipinski definition) is 4. The number of benzene rings is 1. The lowest BCUT2D eigenvalue weighted by molar-refractivity contribution is -0.139. The molecule has 4 rings (SSSR count). The van der Waals surface area contributed by atoms with Gasteiger partial charge in [-0.3, -0.25) is 14.5 Å². The number of hydrogen-bond donors (Lipinski definition) is 2. The number of carboxylic acid groups (broad SMARTS) is 1. The summed E-state index contributed by atoms with van der Waals surface area (Å²) in [5, 5.41) is 17.4. The van der Waals surface area contributed by atoms with Gasteiger partial charge in [-0.15, -0.1) is 0 Å². The predicted octanol–water partition coefficient (Wildman–Crippen LogP) is 4.61. The standard InChI is InChI=1S/C27H34N4O3/c1-31-25-17-20(13-14-21(25)18-28-31)26(32)30-24(27(33)34)12-6-4-2-3-5-10-22-16-15-19-9-7-8-11-23(19)29-22/h13-18,24H,2-12H2,1H3,(H,30,32)(H,33,34)/t24-/m0/s1. The highest BCUT2D eigenvalue weighted by Crippen LogP contribution is 2.20. The van der Waals surface area contributed by atoms with Crippen molar-refractivity contribution in [2.75, 3.05) is 0 Å². The largest absolute Gasteiger partial charge is 0.480 e. The van der Waals surface area contributed by atoms with E-state index >= 15 is 0 Å². The summed E-state index contributed by atoms with van der Waals surface area (Å²) in [6.07, 6.45) is 13.0. The molecule has 1 amide bonds. The number of amides is 1. The maximum absolute atomic E-state index is 12.6. The molecular formula is C27H34N4O3. The van der Waals surface area contributed by atoms with Crippen molar-refractivity contribution < 1.29 is 14.7 Å². The van der Waals surface area contributed by atoms with Crippen LogP contribution in [-0.4, -0.2) is 37.8 Å². The van der Waals surface area contributed by atoms with Gasteiger partial charge in [-0.1, -0.05) is 37.8 Å². The van der Waals surface area contributed by atoms with Gasteiger partial charge < -0.3 is 10.4 Å². The molecule has 0 bridgehead atoms. The van der Waals surface area contributed by atoms with Crippen molar-refractivity contribution in [3.05, 3.63) is 59.0 Å². The number of aromatic nitrogens is 3. The summed E-state index contributed by atoms with van der Waals surface area (Å²) in [7, 11) is 1.81. The minimum atomic E-state index is -0.992. The predicted molar refractivity (Wildman–Crippen MR) is 132 cm³/mol. The molecule has 1 aromatic carbocycles. The summed E-state index contributed by atoms with van der Waals surface area (Å²) in [6.45, 7) is 0. The molecule has 1 aliphatic rings. The van der Waals surface area contributed by atoms with E-state index in [0.717, 1.165) is 55.8 Å². The van der Waals surface area contributed by atoms with Crippen LogP contribution in [0.15, 0.2) is 36.5 Å². The molecule has 0 saturated carbocycles. The lowest BCUT2D eigenvalue weighted by atomic mass is 9.95. The van der Waals surface area contributed by atoms with Crippen molar-refractivity contribution in [3.8, 4) is 0 Å². The van der Waals surface area contributed by atoms with Crippen LogP contribution in [0, 0.1) is 0 Å². The minimum Gasteiger partial charge on any atom is -0.480 e. The fourth-order valence-electron chi connectivity index (χ4n) is 4.74. The van der Waals surface area contributed by atoms with Crippen molar-refractivity contribution in [3.63, 3.8) is 0 Å². The number of carboxylic acids is 1. The molecule has 2 heterocycles. The topological polar surface area (TPSA) is 97.1 Å². The van der Waals surface area contributed by atoms with Crippen molar-refractivity contribution >= 4 is 22.8 Å². The molecule has 0 radical (unpaired) electrons. The van der Waals surface area contributed by atoms with Crippen LogP contribution < -0.4 is 5.32 Å². The Morgan fingerprint density at radius 3 is 2.71 bits per heavy atom. The Hall–Kier alpha value is -3.22. The van der Waals surface area contributed by atoms with E-state index in [0.29, 0.717) is 12.0 Å². The smallest absolute Gasteiger partial charge is 0.326 e. The fourth-order valence-corrected chi connectivity index (χ4v) is 4.74. The molecule has 1 atom stereocenters. The van der Waals surface area contributed by atoms with E-state index in [2.05, 4.69) is 22.5 Å². The molecule has 0 fully saturated rings. The first-order valence-corrected chi connectivity index (χ1v) is 12.4. The molecule has 2 N–H and O–H groups in total. The number of aliphatic carboxylic acids is 1. The summed E-state index contributed by atoms with van der Waals surface area (Å²) in [5.74, 6) is -1.36. The van der Waals surface area contributed by atoms with Crippen LogP contribution in [0.4, 0.5) is 0 Å². The highest BCUT2D eigenvalue weighted by molar-refractivity contribution is 5.99. The van der Waals surface area contributed by atoms with Gasteiger partial charge in [0.15, 0.2) is 0 Å². The van der Waals surface area contributed by atoms with E-state index in [9.17, 15) is 14.7 Å². The summed E-state index contributed by atoms with van der Waals surface area (Å²) < 4.78 is 1.70. The molecule has 3 aromatic rings. The molecule has 0 aliphatic heterocycles. The first kappa shape index (κ1) is 23.9. The third kappa shape index (κ3) is 6.01. The number of unbranched alkanes of at least 4 members (excludes halogenated alkanes) is 4. The van der Waals surface area contributed by atoms with Gasteiger partial charge in [0, 0.05) is 29.4 Å². The van der Waals surface area contributed by atoms with E-state index < -0.39 is 12.0 Å². The summed E-state index contributed by atoms with van der Waals surface area (Å²) in [6, 6.07) is 8.83. The van der Waals surface area contributed by atoms with E-state index in [1.54, 1.807) is 23.0 Å². The van der Waals surface area contributed by atoms with Crippen molar-refractivity contribution in [1.29, 1.82) is 0 Å². The van der Waals surface area contributed by atoms with E-state index in [1.165, 1.54) is 36.2 Å². The molecule has 180 valence electrons. The Morgan fingerprint density at radius 2 is 1.85 bits per heavy atom.